The van der Waals surface area contributed by atoms with Gasteiger partial charge in [0.15, 0.2) is 17.3 Å². The fraction of sp³-hybridized carbons (Fsp3) is 0.329. The number of sulfonamides is 1. The van der Waals surface area contributed by atoms with Crippen molar-refractivity contribution in [1.82, 2.24) is 45.6 Å². The van der Waals surface area contributed by atoms with E-state index in [4.69, 9.17) is 5.14 Å². The molecule has 0 saturated heterocycles. The number of carbonyl (C=O) groups is 12. The number of carbonyl (C=O) groups excluding carboxylic acids is 12. The standard InChI is InChI=1S/C37H45N9O6.C30H40N12O3.C18H17N5O5S/c1-23(47)33(37(52)40-29-13-10-25-21-32(48)42-31(25)22-29)44-43-28-11-8-24(9-12-28)36(51)41-30-19-26(34(49)38-14-6-16-45(2)3)18-27(20-30)35(50)39-15-7-17-46(4)5;1-19(43)26(27(45)34-23-8-7-20-17-25(44)36-24(20)18-23)41-40-22-11-9-21(10-12-22)35-30-38-28(32-14-5-13-31-2)37-29(39-30)33-15-6-16-42(3)4;1-10(24)17(23-22-12-4-6-14(7-5-12)29(19,27)28)18(26)20-13-3-2-11-8-16(25)21-15(11)9-13/h8-13,18-20,22,33H,6-7,14-17,21H2,1-5H3,(H,38,49)(H,39,50)(H,40,52)(H,41,51)(H,42,48);7-12,18,26,31H,5-6,13-17H2,1-4H3,(H,34,45)(H,36,44)(H3,32,33,35,37,38,39);2-7,9,17H,8H2,1H3,(H,20,26)(H,21,25)(H2,19,27,28). The number of nitrogens with one attached hydrogen (secondary N) is 13. The first-order valence-electron chi connectivity index (χ1n) is 40.0. The van der Waals surface area contributed by atoms with Crippen LogP contribution in [-0.2, 0) is 72.4 Å². The molecule has 11 rings (SSSR count). The summed E-state index contributed by atoms with van der Waals surface area (Å²) in [5.74, 6) is -3.85. The number of aromatic nitrogens is 3. The molecule has 0 bridgehead atoms. The fourth-order valence-corrected chi connectivity index (χ4v) is 12.7. The maximum Gasteiger partial charge on any atom is 0.258 e. The molecule has 3 atom stereocenters. The molecule has 3 aliphatic heterocycles. The topological polar surface area (TPSA) is 544 Å². The molecule has 4 heterocycles. The van der Waals surface area contributed by atoms with E-state index in [0.717, 1.165) is 68.6 Å². The van der Waals surface area contributed by atoms with E-state index in [9.17, 15) is 66.0 Å². The summed E-state index contributed by atoms with van der Waals surface area (Å²) in [7, 11) is 9.92. The molecule has 7 aromatic carbocycles. The Balaban J connectivity index is 0.000000222. The van der Waals surface area contributed by atoms with Crippen molar-refractivity contribution >= 4 is 161 Å². The number of rotatable bonds is 40. The zero-order valence-electron chi connectivity index (χ0n) is 71.3. The van der Waals surface area contributed by atoms with Gasteiger partial charge in [-0.2, -0.15) is 45.6 Å². The monoisotopic (exact) mass is 1740 g/mol. The van der Waals surface area contributed by atoms with E-state index in [-0.39, 0.29) is 81.0 Å². The van der Waals surface area contributed by atoms with Gasteiger partial charge < -0.3 is 83.8 Å². The third-order valence-electron chi connectivity index (χ3n) is 18.6. The Labute approximate surface area is 727 Å². The molecule has 1 aromatic heterocycles. The molecule has 40 nitrogen and oxygen atoms in total. The van der Waals surface area contributed by atoms with E-state index >= 15 is 0 Å². The summed E-state index contributed by atoms with van der Waals surface area (Å²) in [6.07, 6.45) is 4.15. The van der Waals surface area contributed by atoms with Crippen molar-refractivity contribution in [3.8, 4) is 0 Å². The molecule has 15 N–H and O–H groups in total. The smallest absolute Gasteiger partial charge is 0.258 e. The molecule has 126 heavy (non-hydrogen) atoms. The number of anilines is 11. The summed E-state index contributed by atoms with van der Waals surface area (Å²) in [5.41, 5.74) is 8.17. The maximum absolute atomic E-state index is 13.2. The highest BCUT2D eigenvalue weighted by molar-refractivity contribution is 7.89. The summed E-state index contributed by atoms with van der Waals surface area (Å²) < 4.78 is 22.5. The molecule has 662 valence electrons. The highest BCUT2D eigenvalue weighted by Crippen LogP contribution is 2.31. The average Bonchev–Trinajstić information content (AvgIpc) is 1.53. The van der Waals surface area contributed by atoms with Crippen LogP contribution >= 0.6 is 0 Å². The highest BCUT2D eigenvalue weighted by atomic mass is 32.2. The van der Waals surface area contributed by atoms with E-state index < -0.39 is 69.1 Å². The van der Waals surface area contributed by atoms with Crippen LogP contribution in [0.4, 0.5) is 80.4 Å². The van der Waals surface area contributed by atoms with E-state index in [2.05, 4.69) is 120 Å². The quantitative estimate of drug-likeness (QED) is 0.00977. The predicted octanol–water partition coefficient (Wildman–Crippen LogP) is 8.16. The van der Waals surface area contributed by atoms with Gasteiger partial charge in [0, 0.05) is 88.4 Å². The molecule has 41 heteroatoms. The second-order valence-electron chi connectivity index (χ2n) is 30.1. The molecule has 3 unspecified atom stereocenters. The lowest BCUT2D eigenvalue weighted by molar-refractivity contribution is -0.127. The zero-order chi connectivity index (χ0) is 91.2. The first kappa shape index (κ1) is 95.6. The molecule has 0 radical (unpaired) electrons. The fourth-order valence-electron chi connectivity index (χ4n) is 12.2. The van der Waals surface area contributed by atoms with Crippen LogP contribution in [0.1, 0.15) is 94.2 Å². The molecule has 0 saturated carbocycles. The molecular formula is C85H102N26O14S. The van der Waals surface area contributed by atoms with Gasteiger partial charge in [0.2, 0.25) is 63.7 Å². The van der Waals surface area contributed by atoms with Crippen molar-refractivity contribution in [3.05, 3.63) is 179 Å². The second kappa shape index (κ2) is 46.3. The molecular weight excluding hydrogens is 1640 g/mol. The van der Waals surface area contributed by atoms with Gasteiger partial charge in [-0.05, 0) is 266 Å². The summed E-state index contributed by atoms with van der Waals surface area (Å²) in [4.78, 5) is 168. The highest BCUT2D eigenvalue weighted by Gasteiger charge is 2.29. The van der Waals surface area contributed by atoms with E-state index in [0.29, 0.717) is 95.9 Å². The Bertz CT molecular complexity index is 5490. The van der Waals surface area contributed by atoms with Gasteiger partial charge in [0.1, 0.15) is 0 Å². The minimum atomic E-state index is -3.84. The number of fused-ring (bicyclic) bond motifs is 3. The van der Waals surface area contributed by atoms with Crippen LogP contribution in [0.3, 0.4) is 0 Å². The summed E-state index contributed by atoms with van der Waals surface area (Å²) in [5, 5.41) is 66.1. The summed E-state index contributed by atoms with van der Waals surface area (Å²) in [6.45, 7) is 9.41. The number of primary sulfonamides is 1. The van der Waals surface area contributed by atoms with Crippen molar-refractivity contribution in [2.75, 3.05) is 155 Å². The Morgan fingerprint density at radius 3 is 1.12 bits per heavy atom. The number of hydrogen-bond donors (Lipinski definition) is 14. The number of ketones is 3. The van der Waals surface area contributed by atoms with Gasteiger partial charge >= 0.3 is 0 Å². The molecule has 9 amide bonds. The van der Waals surface area contributed by atoms with Crippen LogP contribution < -0.4 is 74.3 Å². The minimum Gasteiger partial charge on any atom is -0.354 e. The van der Waals surface area contributed by atoms with Crippen LogP contribution in [0.25, 0.3) is 0 Å². The van der Waals surface area contributed by atoms with Crippen molar-refractivity contribution < 1.29 is 66.0 Å². The zero-order valence-corrected chi connectivity index (χ0v) is 72.1. The number of benzene rings is 7. The number of nitrogens with two attached hydrogens (primary N) is 1. The maximum atomic E-state index is 13.2. The van der Waals surface area contributed by atoms with Crippen LogP contribution in [0.15, 0.2) is 181 Å². The number of amides is 9. The predicted molar refractivity (Wildman–Crippen MR) is 477 cm³/mol. The van der Waals surface area contributed by atoms with E-state index in [1.165, 1.54) is 87.5 Å². The largest absolute Gasteiger partial charge is 0.354 e. The van der Waals surface area contributed by atoms with Gasteiger partial charge in [-0.1, -0.05) is 18.2 Å². The normalized spacial score (nSPS) is 13.2. The van der Waals surface area contributed by atoms with Crippen LogP contribution in [0.5, 0.6) is 0 Å². The number of Topliss-reactive ketones (excluding diaryl/α,β-unsaturated/α-hetero) is 3. The second-order valence-corrected chi connectivity index (χ2v) is 31.6. The SMILES string of the molecule is CC(=O)C(N=Nc1ccc(C(=O)Nc2cc(C(=O)NCCCN(C)C)cc(C(=O)NCCCN(C)C)c2)cc1)C(=O)Nc1ccc2c(c1)NC(=O)C2.CC(=O)C(N=Nc1ccc(S(N)(=O)=O)cc1)C(=O)Nc1ccc2c(c1)NC(=O)C2.CNCCCNc1nc(NCCCN(C)C)nc(Nc2ccc(N=NC(C(C)=O)C(=O)Nc3ccc4c(c3)NC(=O)C4)cc2)n1. The Morgan fingerprint density at radius 2 is 0.754 bits per heavy atom. The lowest BCUT2D eigenvalue weighted by Crippen LogP contribution is -2.31. The van der Waals surface area contributed by atoms with Crippen molar-refractivity contribution in [2.24, 2.45) is 35.8 Å². The van der Waals surface area contributed by atoms with Gasteiger partial charge in [-0.15, -0.1) is 0 Å². The minimum absolute atomic E-state index is 0.0963. The van der Waals surface area contributed by atoms with Crippen molar-refractivity contribution in [1.29, 1.82) is 0 Å². The van der Waals surface area contributed by atoms with Crippen molar-refractivity contribution in [3.63, 3.8) is 0 Å². The van der Waals surface area contributed by atoms with Gasteiger partial charge in [-0.25, -0.2) is 13.6 Å². The first-order valence-corrected chi connectivity index (χ1v) is 41.6. The molecule has 8 aromatic rings. The third-order valence-corrected chi connectivity index (χ3v) is 19.6. The number of hydrogen-bond acceptors (Lipinski definition) is 30. The van der Waals surface area contributed by atoms with Crippen LogP contribution in [0, 0.1) is 0 Å². The lowest BCUT2D eigenvalue weighted by atomic mass is 10.1. The average molecular weight is 1740 g/mol. The van der Waals surface area contributed by atoms with Crippen LogP contribution in [0.2, 0.25) is 0 Å². The molecule has 0 spiro atoms. The molecule has 3 aliphatic rings. The van der Waals surface area contributed by atoms with E-state index in [1.54, 1.807) is 78.9 Å². The lowest BCUT2D eigenvalue weighted by Gasteiger charge is -2.13. The van der Waals surface area contributed by atoms with Crippen LogP contribution in [-0.4, -0.2) is 228 Å². The number of azo groups is 3. The third kappa shape index (κ3) is 30.4. The Kier molecular flexibility index (Phi) is 35.1. The van der Waals surface area contributed by atoms with Gasteiger partial charge in [0.05, 0.1) is 41.2 Å². The van der Waals surface area contributed by atoms with Gasteiger partial charge in [-0.3, -0.25) is 57.5 Å². The summed E-state index contributed by atoms with van der Waals surface area (Å²) in [6, 6.07) is 33.4. The molecule has 0 fully saturated rings. The van der Waals surface area contributed by atoms with Crippen molar-refractivity contribution in [2.45, 2.75) is 88.7 Å². The number of nitrogens with zero attached hydrogens (tertiary/aromatic N) is 12. The Morgan fingerprint density at radius 1 is 0.405 bits per heavy atom. The van der Waals surface area contributed by atoms with E-state index in [1.807, 2.05) is 59.1 Å². The Hall–Kier alpha value is -14.3. The summed E-state index contributed by atoms with van der Waals surface area (Å²) >= 11 is 0. The van der Waals surface area contributed by atoms with Gasteiger partial charge in [0.25, 0.3) is 35.4 Å². The molecule has 0 aliphatic carbocycles. The first-order chi connectivity index (χ1) is 60.1.